The fourth-order valence-corrected chi connectivity index (χ4v) is 1.07. The molecule has 8 nitrogen and oxygen atoms in total. The third kappa shape index (κ3) is 4.44. The number of nitrogens with one attached hydrogen (secondary N) is 1. The molecular formula is C10H14N4O4. The highest BCUT2D eigenvalue weighted by molar-refractivity contribution is 5.93. The van der Waals surface area contributed by atoms with Crippen molar-refractivity contribution < 1.29 is 19.4 Å². The fraction of sp³-hybridized carbons (Fsp3) is 0.400. The van der Waals surface area contributed by atoms with E-state index in [1.165, 1.54) is 6.20 Å². The molecule has 1 rings (SSSR count). The summed E-state index contributed by atoms with van der Waals surface area (Å²) in [5, 5.41) is 11.0. The highest BCUT2D eigenvalue weighted by Gasteiger charge is 2.08. The van der Waals surface area contributed by atoms with Crippen LogP contribution in [0.1, 0.15) is 21.0 Å². The Labute approximate surface area is 103 Å². The maximum absolute atomic E-state index is 11.5. The van der Waals surface area contributed by atoms with Crippen LogP contribution in [-0.2, 0) is 4.74 Å². The van der Waals surface area contributed by atoms with Crippen LogP contribution in [0.15, 0.2) is 12.4 Å². The summed E-state index contributed by atoms with van der Waals surface area (Å²) >= 11 is 0. The van der Waals surface area contributed by atoms with E-state index in [-0.39, 0.29) is 31.1 Å². The zero-order valence-electron chi connectivity index (χ0n) is 9.63. The third-order valence-electron chi connectivity index (χ3n) is 1.90. The van der Waals surface area contributed by atoms with E-state index in [0.717, 1.165) is 6.20 Å². The van der Waals surface area contributed by atoms with Crippen molar-refractivity contribution in [2.45, 2.75) is 0 Å². The quantitative estimate of drug-likeness (QED) is 0.498. The number of carbonyl (C=O) groups is 2. The van der Waals surface area contributed by atoms with Gasteiger partial charge in [-0.2, -0.15) is 0 Å². The normalized spacial score (nSPS) is 10.1. The monoisotopic (exact) mass is 254 g/mol. The summed E-state index contributed by atoms with van der Waals surface area (Å²) < 4.78 is 4.96. The topological polar surface area (TPSA) is 127 Å². The number of nitrogens with two attached hydrogens (primary N) is 1. The molecular weight excluding hydrogens is 240 g/mol. The van der Waals surface area contributed by atoms with Crippen LogP contribution in [0.5, 0.6) is 0 Å². The Morgan fingerprint density at radius 2 is 1.94 bits per heavy atom. The van der Waals surface area contributed by atoms with Gasteiger partial charge in [0.25, 0.3) is 11.8 Å². The smallest absolute Gasteiger partial charge is 0.271 e. The highest BCUT2D eigenvalue weighted by atomic mass is 16.5. The predicted octanol–water partition coefficient (Wildman–Crippen LogP) is -1.69. The molecule has 0 atom stereocenters. The fourth-order valence-electron chi connectivity index (χ4n) is 1.07. The maximum atomic E-state index is 11.5. The Bertz CT molecular complexity index is 407. The second-order valence-electron chi connectivity index (χ2n) is 3.24. The SMILES string of the molecule is NC(=O)c1cnc(C(=O)NCCOCCO)cn1. The van der Waals surface area contributed by atoms with Crippen LogP contribution in [0.2, 0.25) is 0 Å². The molecule has 0 aromatic carbocycles. The van der Waals surface area contributed by atoms with Crippen LogP contribution in [0, 0.1) is 0 Å². The molecule has 0 bridgehead atoms. The van der Waals surface area contributed by atoms with E-state index in [2.05, 4.69) is 15.3 Å². The van der Waals surface area contributed by atoms with E-state index >= 15 is 0 Å². The van der Waals surface area contributed by atoms with E-state index in [1.54, 1.807) is 0 Å². The van der Waals surface area contributed by atoms with Crippen LogP contribution in [0.3, 0.4) is 0 Å². The van der Waals surface area contributed by atoms with Crippen molar-refractivity contribution in [1.29, 1.82) is 0 Å². The number of carbonyl (C=O) groups excluding carboxylic acids is 2. The molecule has 8 heteroatoms. The number of amides is 2. The van der Waals surface area contributed by atoms with Gasteiger partial charge in [-0.15, -0.1) is 0 Å². The first-order chi connectivity index (χ1) is 8.65. The van der Waals surface area contributed by atoms with E-state index in [0.29, 0.717) is 6.61 Å². The Hall–Kier alpha value is -2.06. The summed E-state index contributed by atoms with van der Waals surface area (Å²) in [4.78, 5) is 29.7. The van der Waals surface area contributed by atoms with Crippen LogP contribution in [0.4, 0.5) is 0 Å². The van der Waals surface area contributed by atoms with Gasteiger partial charge in [0, 0.05) is 6.54 Å². The first kappa shape index (κ1) is 14.0. The number of ether oxygens (including phenoxy) is 1. The standard InChI is InChI=1S/C10H14N4O4/c11-9(16)7-5-14-8(6-13-7)10(17)12-1-3-18-4-2-15/h5-6,15H,1-4H2,(H2,11,16)(H,12,17). The number of rotatable bonds is 7. The van der Waals surface area contributed by atoms with Crippen LogP contribution >= 0.6 is 0 Å². The number of aromatic nitrogens is 2. The Balaban J connectivity index is 2.39. The molecule has 0 radical (unpaired) electrons. The van der Waals surface area contributed by atoms with Crippen molar-refractivity contribution in [3.8, 4) is 0 Å². The molecule has 0 unspecified atom stereocenters. The van der Waals surface area contributed by atoms with Gasteiger partial charge >= 0.3 is 0 Å². The van der Waals surface area contributed by atoms with Crippen molar-refractivity contribution in [3.05, 3.63) is 23.8 Å². The lowest BCUT2D eigenvalue weighted by molar-refractivity contribution is 0.0834. The van der Waals surface area contributed by atoms with Crippen molar-refractivity contribution in [2.24, 2.45) is 5.73 Å². The van der Waals surface area contributed by atoms with Crippen molar-refractivity contribution in [3.63, 3.8) is 0 Å². The van der Waals surface area contributed by atoms with E-state index in [4.69, 9.17) is 15.6 Å². The lowest BCUT2D eigenvalue weighted by atomic mass is 10.3. The van der Waals surface area contributed by atoms with Gasteiger partial charge in [0.2, 0.25) is 0 Å². The molecule has 4 N–H and O–H groups in total. The minimum Gasteiger partial charge on any atom is -0.394 e. The van der Waals surface area contributed by atoms with Crippen LogP contribution in [-0.4, -0.2) is 53.3 Å². The number of primary amides is 1. The summed E-state index contributed by atoms with van der Waals surface area (Å²) in [5.41, 5.74) is 5.07. The Kier molecular flexibility index (Phi) is 5.68. The number of nitrogens with zero attached hydrogens (tertiary/aromatic N) is 2. The van der Waals surface area contributed by atoms with Crippen molar-refractivity contribution in [1.82, 2.24) is 15.3 Å². The summed E-state index contributed by atoms with van der Waals surface area (Å²) in [6.07, 6.45) is 2.31. The average Bonchev–Trinajstić information content (AvgIpc) is 2.38. The predicted molar refractivity (Wildman–Crippen MR) is 60.8 cm³/mol. The van der Waals surface area contributed by atoms with Gasteiger partial charge in [-0.05, 0) is 0 Å². The molecule has 0 saturated carbocycles. The molecule has 0 saturated heterocycles. The summed E-state index contributed by atoms with van der Waals surface area (Å²) in [5.74, 6) is -1.13. The first-order valence-electron chi connectivity index (χ1n) is 5.24. The van der Waals surface area contributed by atoms with Crippen LogP contribution < -0.4 is 11.1 Å². The van der Waals surface area contributed by atoms with E-state index in [1.807, 2.05) is 0 Å². The van der Waals surface area contributed by atoms with E-state index < -0.39 is 11.8 Å². The van der Waals surface area contributed by atoms with Gasteiger partial charge in [0.1, 0.15) is 11.4 Å². The average molecular weight is 254 g/mol. The second-order valence-corrected chi connectivity index (χ2v) is 3.24. The maximum Gasteiger partial charge on any atom is 0.271 e. The second kappa shape index (κ2) is 7.30. The number of hydrogen-bond acceptors (Lipinski definition) is 6. The molecule has 0 aliphatic heterocycles. The number of hydrogen-bond donors (Lipinski definition) is 3. The lowest BCUT2D eigenvalue weighted by Crippen LogP contribution is -2.28. The van der Waals surface area contributed by atoms with Gasteiger partial charge in [-0.3, -0.25) is 9.59 Å². The van der Waals surface area contributed by atoms with E-state index in [9.17, 15) is 9.59 Å². The summed E-state index contributed by atoms with van der Waals surface area (Å²) in [6.45, 7) is 0.744. The Morgan fingerprint density at radius 3 is 2.50 bits per heavy atom. The lowest BCUT2D eigenvalue weighted by Gasteiger charge is -2.05. The molecule has 2 amide bonds. The third-order valence-corrected chi connectivity index (χ3v) is 1.90. The molecule has 1 aromatic heterocycles. The van der Waals surface area contributed by atoms with Crippen molar-refractivity contribution in [2.75, 3.05) is 26.4 Å². The molecule has 0 aliphatic carbocycles. The zero-order chi connectivity index (χ0) is 13.4. The van der Waals surface area contributed by atoms with Crippen molar-refractivity contribution >= 4 is 11.8 Å². The molecule has 1 aromatic rings. The van der Waals surface area contributed by atoms with Crippen LogP contribution in [0.25, 0.3) is 0 Å². The van der Waals surface area contributed by atoms with Gasteiger partial charge < -0.3 is 20.9 Å². The van der Waals surface area contributed by atoms with Gasteiger partial charge in [0.05, 0.1) is 32.2 Å². The van der Waals surface area contributed by atoms with Gasteiger partial charge in [-0.25, -0.2) is 9.97 Å². The summed E-state index contributed by atoms with van der Waals surface area (Å²) in [6, 6.07) is 0. The molecule has 0 spiro atoms. The molecule has 1 heterocycles. The minimum atomic E-state index is -0.702. The largest absolute Gasteiger partial charge is 0.394 e. The zero-order valence-corrected chi connectivity index (χ0v) is 9.63. The summed E-state index contributed by atoms with van der Waals surface area (Å²) in [7, 11) is 0. The number of aliphatic hydroxyl groups excluding tert-OH is 1. The number of aliphatic hydroxyl groups is 1. The molecule has 98 valence electrons. The molecule has 18 heavy (non-hydrogen) atoms. The molecule has 0 fully saturated rings. The highest BCUT2D eigenvalue weighted by Crippen LogP contribution is 1.94. The minimum absolute atomic E-state index is 0.00201. The van der Waals surface area contributed by atoms with Gasteiger partial charge in [0.15, 0.2) is 0 Å². The Morgan fingerprint density at radius 1 is 1.28 bits per heavy atom. The van der Waals surface area contributed by atoms with Gasteiger partial charge in [-0.1, -0.05) is 0 Å². The first-order valence-corrected chi connectivity index (χ1v) is 5.24. The molecule has 0 aliphatic rings.